The van der Waals surface area contributed by atoms with Crippen molar-refractivity contribution >= 4 is 23.1 Å². The molecule has 0 N–H and O–H groups in total. The van der Waals surface area contributed by atoms with Crippen LogP contribution in [-0.4, -0.2) is 23.1 Å². The molecule has 0 aromatic heterocycles. The lowest BCUT2D eigenvalue weighted by Gasteiger charge is -2.17. The van der Waals surface area contributed by atoms with Crippen LogP contribution in [0.1, 0.15) is 80.3 Å². The second-order valence-corrected chi connectivity index (χ2v) is 6.42. The molecule has 0 aliphatic rings. The van der Waals surface area contributed by atoms with Crippen LogP contribution >= 0.6 is 0 Å². The molecular weight excluding hydrogens is 328 g/mol. The largest absolute Gasteiger partial charge is 0.294 e. The van der Waals surface area contributed by atoms with Gasteiger partial charge in [0, 0.05) is 22.3 Å². The quantitative estimate of drug-likeness (QED) is 0.699. The first kappa shape index (κ1) is 19.4. The van der Waals surface area contributed by atoms with E-state index in [0.29, 0.717) is 18.4 Å². The lowest BCUT2D eigenvalue weighted by molar-refractivity contribution is 0.0957. The maximum Gasteiger partial charge on any atom is 0.161 e. The monoisotopic (exact) mass is 350 g/mol. The Morgan fingerprint density at radius 1 is 0.654 bits per heavy atom. The molecule has 4 nitrogen and oxygen atoms in total. The smallest absolute Gasteiger partial charge is 0.161 e. The van der Waals surface area contributed by atoms with E-state index >= 15 is 0 Å². The van der Waals surface area contributed by atoms with E-state index in [1.54, 1.807) is 6.07 Å². The lowest BCUT2D eigenvalue weighted by Crippen LogP contribution is -2.18. The van der Waals surface area contributed by atoms with Crippen molar-refractivity contribution in [3.63, 3.8) is 0 Å². The lowest BCUT2D eigenvalue weighted by atomic mass is 9.83. The van der Waals surface area contributed by atoms with Crippen LogP contribution in [0.15, 0.2) is 36.4 Å². The first-order valence-corrected chi connectivity index (χ1v) is 8.51. The van der Waals surface area contributed by atoms with Crippen molar-refractivity contribution in [3.05, 3.63) is 69.8 Å². The molecule has 26 heavy (non-hydrogen) atoms. The number of ketones is 4. The average molecular weight is 350 g/mol. The van der Waals surface area contributed by atoms with E-state index in [0.717, 1.165) is 5.56 Å². The third-order valence-electron chi connectivity index (χ3n) is 4.37. The minimum atomic E-state index is -0.391. The SMILES string of the molecule is CC(=O)c1cc(CCc2ccccc2)c(C(C)=O)c(C(C)=O)c1C(C)=O. The summed E-state index contributed by atoms with van der Waals surface area (Å²) in [7, 11) is 0. The summed E-state index contributed by atoms with van der Waals surface area (Å²) in [5.74, 6) is -1.36. The average Bonchev–Trinajstić information content (AvgIpc) is 2.58. The molecule has 0 aliphatic carbocycles. The fourth-order valence-electron chi connectivity index (χ4n) is 3.26. The van der Waals surface area contributed by atoms with E-state index < -0.39 is 5.78 Å². The number of benzene rings is 2. The minimum absolute atomic E-state index is 0.0543. The van der Waals surface area contributed by atoms with Gasteiger partial charge in [-0.1, -0.05) is 30.3 Å². The van der Waals surface area contributed by atoms with Crippen LogP contribution in [0.3, 0.4) is 0 Å². The van der Waals surface area contributed by atoms with Crippen LogP contribution in [0.4, 0.5) is 0 Å². The van der Waals surface area contributed by atoms with Gasteiger partial charge in [-0.05, 0) is 57.7 Å². The Bertz CT molecular complexity index is 892. The van der Waals surface area contributed by atoms with Gasteiger partial charge in [-0.3, -0.25) is 19.2 Å². The summed E-state index contributed by atoms with van der Waals surface area (Å²) >= 11 is 0. The van der Waals surface area contributed by atoms with Crippen LogP contribution in [0.25, 0.3) is 0 Å². The predicted molar refractivity (Wildman–Crippen MR) is 100 cm³/mol. The third kappa shape index (κ3) is 4.02. The first-order valence-electron chi connectivity index (χ1n) is 8.51. The summed E-state index contributed by atoms with van der Waals surface area (Å²) in [5.41, 5.74) is 2.30. The molecule has 0 saturated carbocycles. The Balaban J connectivity index is 2.70. The van der Waals surface area contributed by atoms with Crippen molar-refractivity contribution in [3.8, 4) is 0 Å². The molecule has 0 radical (unpaired) electrons. The van der Waals surface area contributed by atoms with Crippen LogP contribution < -0.4 is 0 Å². The highest BCUT2D eigenvalue weighted by atomic mass is 16.1. The molecule has 2 aromatic rings. The number of carbonyl (C=O) groups excluding carboxylic acids is 4. The molecule has 0 amide bonds. The van der Waals surface area contributed by atoms with Gasteiger partial charge in [0.05, 0.1) is 0 Å². The van der Waals surface area contributed by atoms with E-state index in [2.05, 4.69) is 0 Å². The second-order valence-electron chi connectivity index (χ2n) is 6.42. The summed E-state index contributed by atoms with van der Waals surface area (Å²) in [6.45, 7) is 5.37. The van der Waals surface area contributed by atoms with Gasteiger partial charge in [0.15, 0.2) is 23.1 Å². The number of aryl methyl sites for hydroxylation is 2. The van der Waals surface area contributed by atoms with E-state index in [1.807, 2.05) is 30.3 Å². The van der Waals surface area contributed by atoms with Gasteiger partial charge in [-0.15, -0.1) is 0 Å². The zero-order chi connectivity index (χ0) is 19.4. The van der Waals surface area contributed by atoms with Crippen molar-refractivity contribution in [1.82, 2.24) is 0 Å². The zero-order valence-corrected chi connectivity index (χ0v) is 15.5. The van der Waals surface area contributed by atoms with Crippen molar-refractivity contribution in [1.29, 1.82) is 0 Å². The molecule has 134 valence electrons. The topological polar surface area (TPSA) is 68.3 Å². The molecule has 0 heterocycles. The number of hydrogen-bond acceptors (Lipinski definition) is 4. The Morgan fingerprint density at radius 3 is 1.65 bits per heavy atom. The molecule has 2 aromatic carbocycles. The van der Waals surface area contributed by atoms with Gasteiger partial charge in [0.2, 0.25) is 0 Å². The maximum absolute atomic E-state index is 12.3. The highest BCUT2D eigenvalue weighted by molar-refractivity contribution is 6.19. The summed E-state index contributed by atoms with van der Waals surface area (Å²) in [6, 6.07) is 11.4. The van der Waals surface area contributed by atoms with Gasteiger partial charge < -0.3 is 0 Å². The third-order valence-corrected chi connectivity index (χ3v) is 4.37. The van der Waals surface area contributed by atoms with Gasteiger partial charge in [0.25, 0.3) is 0 Å². The van der Waals surface area contributed by atoms with Crippen LogP contribution in [0.5, 0.6) is 0 Å². The van der Waals surface area contributed by atoms with Crippen molar-refractivity contribution < 1.29 is 19.2 Å². The van der Waals surface area contributed by atoms with Crippen LogP contribution in [0.2, 0.25) is 0 Å². The molecule has 0 spiro atoms. The van der Waals surface area contributed by atoms with E-state index in [-0.39, 0.29) is 39.6 Å². The predicted octanol–water partition coefficient (Wildman–Crippen LogP) is 4.28. The van der Waals surface area contributed by atoms with Crippen molar-refractivity contribution in [2.45, 2.75) is 40.5 Å². The van der Waals surface area contributed by atoms with Crippen molar-refractivity contribution in [2.75, 3.05) is 0 Å². The first-order chi connectivity index (χ1) is 12.2. The summed E-state index contributed by atoms with van der Waals surface area (Å²) in [4.78, 5) is 48.8. The number of carbonyl (C=O) groups is 4. The highest BCUT2D eigenvalue weighted by Gasteiger charge is 2.26. The molecule has 4 heteroatoms. The second kappa shape index (κ2) is 8.00. The fraction of sp³-hybridized carbons (Fsp3) is 0.273. The van der Waals surface area contributed by atoms with Gasteiger partial charge in [0.1, 0.15) is 0 Å². The standard InChI is InChI=1S/C22H22O4/c1-13(23)19-12-18(11-10-17-8-6-5-7-9-17)20(14(2)24)22(16(4)26)21(19)15(3)25/h5-9,12H,10-11H2,1-4H3. The van der Waals surface area contributed by atoms with Gasteiger partial charge in [-0.25, -0.2) is 0 Å². The summed E-state index contributed by atoms with van der Waals surface area (Å²) in [5, 5.41) is 0. The Kier molecular flexibility index (Phi) is 5.98. The maximum atomic E-state index is 12.3. The Hall–Kier alpha value is -2.88. The van der Waals surface area contributed by atoms with E-state index in [4.69, 9.17) is 0 Å². The van der Waals surface area contributed by atoms with Gasteiger partial charge >= 0.3 is 0 Å². The Labute approximate surface area is 153 Å². The van der Waals surface area contributed by atoms with E-state index in [1.165, 1.54) is 27.7 Å². The summed E-state index contributed by atoms with van der Waals surface area (Å²) < 4.78 is 0. The molecule has 0 fully saturated rings. The Morgan fingerprint density at radius 2 is 1.19 bits per heavy atom. The number of Topliss-reactive ketones (excluding diaryl/α,β-unsaturated/α-hetero) is 4. The number of rotatable bonds is 7. The van der Waals surface area contributed by atoms with Crippen LogP contribution in [-0.2, 0) is 12.8 Å². The summed E-state index contributed by atoms with van der Waals surface area (Å²) in [6.07, 6.45) is 1.16. The normalized spacial score (nSPS) is 10.5. The highest BCUT2D eigenvalue weighted by Crippen LogP contribution is 2.27. The van der Waals surface area contributed by atoms with E-state index in [9.17, 15) is 19.2 Å². The van der Waals surface area contributed by atoms with Crippen molar-refractivity contribution in [2.24, 2.45) is 0 Å². The zero-order valence-electron chi connectivity index (χ0n) is 15.5. The van der Waals surface area contributed by atoms with Crippen LogP contribution in [0, 0.1) is 0 Å². The molecular formula is C22H22O4. The fourth-order valence-corrected chi connectivity index (χ4v) is 3.26. The minimum Gasteiger partial charge on any atom is -0.294 e. The number of hydrogen-bond donors (Lipinski definition) is 0. The molecule has 0 saturated heterocycles. The molecule has 0 unspecified atom stereocenters. The molecule has 0 atom stereocenters. The molecule has 2 rings (SSSR count). The van der Waals surface area contributed by atoms with Gasteiger partial charge in [-0.2, -0.15) is 0 Å². The molecule has 0 aliphatic heterocycles. The molecule has 0 bridgehead atoms.